The van der Waals surface area contributed by atoms with Gasteiger partial charge in [0.15, 0.2) is 0 Å². The Kier molecular flexibility index (Phi) is 6.73. The molecule has 1 saturated heterocycles. The van der Waals surface area contributed by atoms with Gasteiger partial charge in [0.25, 0.3) is 0 Å². The molecular weight excluding hydrogens is 334 g/mol. The van der Waals surface area contributed by atoms with Gasteiger partial charge in [0.2, 0.25) is 15.9 Å². The highest BCUT2D eigenvalue weighted by atomic mass is 32.2. The van der Waals surface area contributed by atoms with Crippen LogP contribution >= 0.6 is 11.8 Å². The van der Waals surface area contributed by atoms with Crippen LogP contribution in [-0.2, 0) is 14.8 Å². The number of anilines is 2. The van der Waals surface area contributed by atoms with Crippen LogP contribution in [0.25, 0.3) is 0 Å². The van der Waals surface area contributed by atoms with Gasteiger partial charge >= 0.3 is 0 Å². The molecule has 3 N–H and O–H groups in total. The molecule has 1 heterocycles. The van der Waals surface area contributed by atoms with Crippen molar-refractivity contribution in [3.8, 4) is 0 Å². The summed E-state index contributed by atoms with van der Waals surface area (Å²) < 4.78 is 25.9. The summed E-state index contributed by atoms with van der Waals surface area (Å²) in [5, 5.41) is 6.16. The molecule has 1 aromatic carbocycles. The van der Waals surface area contributed by atoms with Crippen LogP contribution in [0.4, 0.5) is 11.4 Å². The van der Waals surface area contributed by atoms with E-state index in [1.54, 1.807) is 24.3 Å². The van der Waals surface area contributed by atoms with E-state index < -0.39 is 10.0 Å². The van der Waals surface area contributed by atoms with E-state index in [1.807, 2.05) is 18.7 Å². The van der Waals surface area contributed by atoms with Crippen molar-refractivity contribution in [2.45, 2.75) is 25.8 Å². The second-order valence-corrected chi connectivity index (χ2v) is 8.47. The number of nitrogens with one attached hydrogen (secondary N) is 3. The first kappa shape index (κ1) is 18.1. The van der Waals surface area contributed by atoms with Crippen molar-refractivity contribution in [1.29, 1.82) is 0 Å². The second-order valence-electron chi connectivity index (χ2n) is 5.48. The summed E-state index contributed by atoms with van der Waals surface area (Å²) in [5.74, 6) is 2.10. The smallest absolute Gasteiger partial charge is 0.232 e. The third-order valence-electron chi connectivity index (χ3n) is 3.35. The highest BCUT2D eigenvalue weighted by Crippen LogP contribution is 2.16. The monoisotopic (exact) mass is 357 g/mol. The summed E-state index contributed by atoms with van der Waals surface area (Å²) in [4.78, 5) is 12.0. The summed E-state index contributed by atoms with van der Waals surface area (Å²) in [5.41, 5.74) is 1.17. The molecule has 1 fully saturated rings. The summed E-state index contributed by atoms with van der Waals surface area (Å²) in [6, 6.07) is 6.92. The first-order valence-electron chi connectivity index (χ1n) is 7.70. The molecule has 0 aromatic heterocycles. The first-order chi connectivity index (χ1) is 11.0. The lowest BCUT2D eigenvalue weighted by atomic mass is 10.2. The molecule has 2 rings (SSSR count). The largest absolute Gasteiger partial charge is 0.326 e. The van der Waals surface area contributed by atoms with Gasteiger partial charge in [-0.05, 0) is 30.7 Å². The predicted octanol–water partition coefficient (Wildman–Crippen LogP) is 1.87. The van der Waals surface area contributed by atoms with Crippen LogP contribution in [0.2, 0.25) is 0 Å². The average Bonchev–Trinajstić information content (AvgIpc) is 2.50. The molecule has 128 valence electrons. The maximum Gasteiger partial charge on any atom is 0.232 e. The van der Waals surface area contributed by atoms with Gasteiger partial charge in [-0.15, -0.1) is 0 Å². The van der Waals surface area contributed by atoms with Crippen molar-refractivity contribution in [2.75, 3.05) is 33.8 Å². The molecule has 0 radical (unpaired) electrons. The topological polar surface area (TPSA) is 87.3 Å². The van der Waals surface area contributed by atoms with E-state index in [0.717, 1.165) is 18.1 Å². The molecule has 0 bridgehead atoms. The van der Waals surface area contributed by atoms with Crippen LogP contribution in [0, 0.1) is 0 Å². The van der Waals surface area contributed by atoms with E-state index in [9.17, 15) is 13.2 Å². The SMILES string of the molecule is CCCS(=O)(=O)Nc1ccc(NC(=O)CC2CSCCN2)cc1. The summed E-state index contributed by atoms with van der Waals surface area (Å²) in [6.45, 7) is 2.76. The van der Waals surface area contributed by atoms with Crippen LogP contribution in [0.1, 0.15) is 19.8 Å². The fraction of sp³-hybridized carbons (Fsp3) is 0.533. The van der Waals surface area contributed by atoms with E-state index in [2.05, 4.69) is 15.4 Å². The molecule has 1 aliphatic heterocycles. The maximum absolute atomic E-state index is 12.0. The minimum atomic E-state index is -3.29. The van der Waals surface area contributed by atoms with Crippen LogP contribution in [-0.4, -0.2) is 44.2 Å². The van der Waals surface area contributed by atoms with E-state index in [4.69, 9.17) is 0 Å². The van der Waals surface area contributed by atoms with Gasteiger partial charge < -0.3 is 10.6 Å². The molecule has 8 heteroatoms. The van der Waals surface area contributed by atoms with Gasteiger partial charge in [-0.2, -0.15) is 11.8 Å². The number of thioether (sulfide) groups is 1. The van der Waals surface area contributed by atoms with Crippen molar-refractivity contribution in [3.05, 3.63) is 24.3 Å². The Morgan fingerprint density at radius 1 is 1.30 bits per heavy atom. The lowest BCUT2D eigenvalue weighted by Gasteiger charge is -2.22. The van der Waals surface area contributed by atoms with Gasteiger partial charge in [0.1, 0.15) is 0 Å². The predicted molar refractivity (Wildman–Crippen MR) is 96.5 cm³/mol. The summed E-state index contributed by atoms with van der Waals surface area (Å²) >= 11 is 1.85. The number of hydrogen-bond acceptors (Lipinski definition) is 5. The molecule has 0 spiro atoms. The Morgan fingerprint density at radius 3 is 2.61 bits per heavy atom. The summed E-state index contributed by atoms with van der Waals surface area (Å²) in [7, 11) is -3.29. The van der Waals surface area contributed by atoms with Crippen molar-refractivity contribution >= 4 is 39.1 Å². The molecule has 0 saturated carbocycles. The molecule has 1 atom stereocenters. The normalized spacial score (nSPS) is 18.4. The number of sulfonamides is 1. The fourth-order valence-corrected chi connectivity index (χ4v) is 4.39. The minimum Gasteiger partial charge on any atom is -0.326 e. The molecule has 1 aliphatic rings. The fourth-order valence-electron chi connectivity index (χ4n) is 2.31. The van der Waals surface area contributed by atoms with Gasteiger partial charge in [0.05, 0.1) is 5.75 Å². The first-order valence-corrected chi connectivity index (χ1v) is 10.5. The quantitative estimate of drug-likeness (QED) is 0.693. The zero-order chi connectivity index (χ0) is 16.7. The van der Waals surface area contributed by atoms with Gasteiger partial charge in [-0.25, -0.2) is 8.42 Å². The lowest BCUT2D eigenvalue weighted by Crippen LogP contribution is -2.39. The van der Waals surface area contributed by atoms with E-state index in [1.165, 1.54) is 0 Å². The summed E-state index contributed by atoms with van der Waals surface area (Å²) in [6.07, 6.45) is 1.01. The van der Waals surface area contributed by atoms with E-state index >= 15 is 0 Å². The highest BCUT2D eigenvalue weighted by molar-refractivity contribution is 7.99. The van der Waals surface area contributed by atoms with Crippen LogP contribution in [0.3, 0.4) is 0 Å². The van der Waals surface area contributed by atoms with Crippen LogP contribution in [0.15, 0.2) is 24.3 Å². The number of carbonyl (C=O) groups is 1. The lowest BCUT2D eigenvalue weighted by molar-refractivity contribution is -0.116. The highest BCUT2D eigenvalue weighted by Gasteiger charge is 2.16. The molecule has 1 aromatic rings. The number of rotatable bonds is 7. The van der Waals surface area contributed by atoms with Crippen molar-refractivity contribution in [1.82, 2.24) is 5.32 Å². The van der Waals surface area contributed by atoms with Gasteiger partial charge in [-0.1, -0.05) is 6.92 Å². The van der Waals surface area contributed by atoms with E-state index in [-0.39, 0.29) is 17.7 Å². The Morgan fingerprint density at radius 2 is 2.00 bits per heavy atom. The number of amides is 1. The average molecular weight is 358 g/mol. The Bertz CT molecular complexity index is 611. The zero-order valence-corrected chi connectivity index (χ0v) is 14.8. The Labute approximate surface area is 141 Å². The third-order valence-corrected chi connectivity index (χ3v) is 5.97. The molecule has 23 heavy (non-hydrogen) atoms. The number of carbonyl (C=O) groups excluding carboxylic acids is 1. The second kappa shape index (κ2) is 8.56. The van der Waals surface area contributed by atoms with Crippen LogP contribution in [0.5, 0.6) is 0 Å². The van der Waals surface area contributed by atoms with Gasteiger partial charge in [0, 0.05) is 41.9 Å². The van der Waals surface area contributed by atoms with Gasteiger partial charge in [-0.3, -0.25) is 9.52 Å². The number of benzene rings is 1. The standard InChI is InChI=1S/C15H23N3O3S2/c1-2-9-23(20,21)18-13-5-3-12(4-6-13)17-15(19)10-14-11-22-8-7-16-14/h3-6,14,16,18H,2,7-11H2,1H3,(H,17,19). The van der Waals surface area contributed by atoms with Crippen LogP contribution < -0.4 is 15.4 Å². The zero-order valence-electron chi connectivity index (χ0n) is 13.2. The molecule has 0 aliphatic carbocycles. The number of hydrogen-bond donors (Lipinski definition) is 3. The van der Waals surface area contributed by atoms with Crippen molar-refractivity contribution < 1.29 is 13.2 Å². The Hall–Kier alpha value is -1.25. The third kappa shape index (κ3) is 6.40. The molecule has 1 unspecified atom stereocenters. The maximum atomic E-state index is 12.0. The van der Waals surface area contributed by atoms with E-state index in [0.29, 0.717) is 24.2 Å². The van der Waals surface area contributed by atoms with Crippen molar-refractivity contribution in [2.24, 2.45) is 0 Å². The molecular formula is C15H23N3O3S2. The Balaban J connectivity index is 1.85. The minimum absolute atomic E-state index is 0.0377. The van der Waals surface area contributed by atoms with Crippen molar-refractivity contribution in [3.63, 3.8) is 0 Å². The molecule has 6 nitrogen and oxygen atoms in total. The molecule has 1 amide bonds.